The van der Waals surface area contributed by atoms with Crippen LogP contribution in [0.3, 0.4) is 0 Å². The first-order valence-corrected chi connectivity index (χ1v) is 7.88. The van der Waals surface area contributed by atoms with Gasteiger partial charge in [0.2, 0.25) is 0 Å². The van der Waals surface area contributed by atoms with Crippen LogP contribution in [0.5, 0.6) is 0 Å². The minimum atomic E-state index is -0.267. The van der Waals surface area contributed by atoms with Gasteiger partial charge in [-0.1, -0.05) is 24.8 Å². The highest BCUT2D eigenvalue weighted by Crippen LogP contribution is 2.34. The average Bonchev–Trinajstić information content (AvgIpc) is 2.47. The van der Waals surface area contributed by atoms with Crippen molar-refractivity contribution in [1.82, 2.24) is 5.32 Å². The number of hydrogen-bond donors (Lipinski definition) is 1. The van der Waals surface area contributed by atoms with Crippen molar-refractivity contribution in [2.75, 3.05) is 6.54 Å². The van der Waals surface area contributed by atoms with Crippen molar-refractivity contribution in [2.45, 2.75) is 36.1 Å². The van der Waals surface area contributed by atoms with Gasteiger partial charge in [-0.3, -0.25) is 0 Å². The van der Waals surface area contributed by atoms with Crippen molar-refractivity contribution in [3.05, 3.63) is 59.7 Å². The Morgan fingerprint density at radius 2 is 1.81 bits per heavy atom. The Morgan fingerprint density at radius 1 is 1.10 bits per heavy atom. The largest absolute Gasteiger partial charge is 0.310 e. The van der Waals surface area contributed by atoms with Crippen LogP contribution in [0.25, 0.3) is 0 Å². The normalized spacial score (nSPS) is 12.4. The first-order valence-electron chi connectivity index (χ1n) is 7.07. The predicted octanol–water partition coefficient (Wildman–Crippen LogP) is 5.18. The number of nitrogens with one attached hydrogen (secondary N) is 1. The van der Waals surface area contributed by atoms with Gasteiger partial charge in [-0.2, -0.15) is 0 Å². The van der Waals surface area contributed by atoms with Gasteiger partial charge in [-0.05, 0) is 56.3 Å². The maximum absolute atomic E-state index is 14.2. The topological polar surface area (TPSA) is 12.0 Å². The van der Waals surface area contributed by atoms with Crippen LogP contribution in [0.2, 0.25) is 0 Å². The molecule has 0 saturated carbocycles. The molecule has 1 unspecified atom stereocenters. The lowest BCUT2D eigenvalue weighted by molar-refractivity contribution is 0.519. The van der Waals surface area contributed by atoms with Crippen LogP contribution in [0.15, 0.2) is 52.3 Å². The average molecular weight is 307 g/mol. The van der Waals surface area contributed by atoms with Crippen LogP contribution in [0, 0.1) is 11.6 Å². The van der Waals surface area contributed by atoms with E-state index in [0.717, 1.165) is 22.8 Å². The Bertz CT molecular complexity index is 584. The second-order valence-electron chi connectivity index (χ2n) is 4.88. The summed E-state index contributed by atoms with van der Waals surface area (Å²) in [4.78, 5) is 1.75. The minimum absolute atomic E-state index is 0.0610. The standard InChI is InChI=1S/C17H19F2NS/c1-3-11-20-12(2)17-15(19)5-4-6-16(17)21-14-9-7-13(18)8-10-14/h4-10,12,20H,3,11H2,1-2H3. The molecule has 0 fully saturated rings. The molecule has 2 aromatic carbocycles. The molecule has 0 aliphatic rings. The molecule has 0 heterocycles. The highest BCUT2D eigenvalue weighted by atomic mass is 32.2. The molecule has 4 heteroatoms. The first-order chi connectivity index (χ1) is 10.1. The summed E-state index contributed by atoms with van der Waals surface area (Å²) >= 11 is 1.45. The fourth-order valence-electron chi connectivity index (χ4n) is 2.12. The summed E-state index contributed by atoms with van der Waals surface area (Å²) in [5.74, 6) is -0.477. The van der Waals surface area contributed by atoms with Gasteiger partial charge in [-0.25, -0.2) is 8.78 Å². The number of halogens is 2. The zero-order chi connectivity index (χ0) is 15.2. The molecule has 21 heavy (non-hydrogen) atoms. The monoisotopic (exact) mass is 307 g/mol. The molecule has 2 aromatic rings. The van der Waals surface area contributed by atoms with Gasteiger partial charge in [0.1, 0.15) is 11.6 Å². The minimum Gasteiger partial charge on any atom is -0.310 e. The molecule has 0 radical (unpaired) electrons. The lowest BCUT2D eigenvalue weighted by atomic mass is 10.1. The van der Waals surface area contributed by atoms with Crippen molar-refractivity contribution < 1.29 is 8.78 Å². The Balaban J connectivity index is 2.26. The predicted molar refractivity (Wildman–Crippen MR) is 83.6 cm³/mol. The SMILES string of the molecule is CCCNC(C)c1c(F)cccc1Sc1ccc(F)cc1. The molecular weight excluding hydrogens is 288 g/mol. The second-order valence-corrected chi connectivity index (χ2v) is 6.00. The Hall–Kier alpha value is -1.39. The lowest BCUT2D eigenvalue weighted by Gasteiger charge is -2.18. The van der Waals surface area contributed by atoms with E-state index in [4.69, 9.17) is 0 Å². The summed E-state index contributed by atoms with van der Waals surface area (Å²) in [5, 5.41) is 3.31. The highest BCUT2D eigenvalue weighted by molar-refractivity contribution is 7.99. The molecule has 1 nitrogen and oxygen atoms in total. The third kappa shape index (κ3) is 4.29. The van der Waals surface area contributed by atoms with E-state index in [-0.39, 0.29) is 17.7 Å². The van der Waals surface area contributed by atoms with Gasteiger partial charge in [0.05, 0.1) is 0 Å². The third-order valence-corrected chi connectivity index (χ3v) is 4.27. The van der Waals surface area contributed by atoms with Crippen LogP contribution in [0.4, 0.5) is 8.78 Å². The first kappa shape index (κ1) is 16.0. The fourth-order valence-corrected chi connectivity index (χ4v) is 3.18. The summed E-state index contributed by atoms with van der Waals surface area (Å²) in [6, 6.07) is 11.3. The van der Waals surface area contributed by atoms with Gasteiger partial charge in [0, 0.05) is 21.4 Å². The highest BCUT2D eigenvalue weighted by Gasteiger charge is 2.15. The summed E-state index contributed by atoms with van der Waals surface area (Å²) < 4.78 is 27.1. The molecular formula is C17H19F2NS. The van der Waals surface area contributed by atoms with E-state index in [2.05, 4.69) is 12.2 Å². The van der Waals surface area contributed by atoms with E-state index in [1.54, 1.807) is 18.2 Å². The molecule has 0 aliphatic carbocycles. The quantitative estimate of drug-likeness (QED) is 0.789. The van der Waals surface area contributed by atoms with Crippen LogP contribution in [-0.2, 0) is 0 Å². The molecule has 2 rings (SSSR count). The van der Waals surface area contributed by atoms with Gasteiger partial charge in [0.15, 0.2) is 0 Å². The molecule has 112 valence electrons. The number of hydrogen-bond acceptors (Lipinski definition) is 2. The van der Waals surface area contributed by atoms with E-state index in [1.807, 2.05) is 13.0 Å². The number of rotatable bonds is 6. The van der Waals surface area contributed by atoms with E-state index < -0.39 is 0 Å². The second kappa shape index (κ2) is 7.57. The Morgan fingerprint density at radius 3 is 2.48 bits per heavy atom. The molecule has 1 atom stereocenters. The lowest BCUT2D eigenvalue weighted by Crippen LogP contribution is -2.20. The number of benzene rings is 2. The molecule has 0 amide bonds. The molecule has 0 spiro atoms. The zero-order valence-electron chi connectivity index (χ0n) is 12.2. The summed E-state index contributed by atoms with van der Waals surface area (Å²) in [6.07, 6.45) is 0.999. The van der Waals surface area contributed by atoms with Crippen molar-refractivity contribution in [3.63, 3.8) is 0 Å². The zero-order valence-corrected chi connectivity index (χ0v) is 13.0. The van der Waals surface area contributed by atoms with E-state index in [0.29, 0.717) is 5.56 Å². The van der Waals surface area contributed by atoms with Gasteiger partial charge < -0.3 is 5.32 Å². The van der Waals surface area contributed by atoms with E-state index >= 15 is 0 Å². The smallest absolute Gasteiger partial charge is 0.129 e. The van der Waals surface area contributed by atoms with E-state index in [9.17, 15) is 8.78 Å². The molecule has 1 N–H and O–H groups in total. The molecule has 0 aliphatic heterocycles. The Labute approximate surface area is 128 Å². The van der Waals surface area contributed by atoms with Gasteiger partial charge in [-0.15, -0.1) is 0 Å². The summed E-state index contributed by atoms with van der Waals surface area (Å²) in [6.45, 7) is 4.88. The van der Waals surface area contributed by atoms with Gasteiger partial charge in [0.25, 0.3) is 0 Å². The van der Waals surface area contributed by atoms with Crippen LogP contribution < -0.4 is 5.32 Å². The van der Waals surface area contributed by atoms with E-state index in [1.165, 1.54) is 30.0 Å². The van der Waals surface area contributed by atoms with Gasteiger partial charge >= 0.3 is 0 Å². The maximum Gasteiger partial charge on any atom is 0.129 e. The maximum atomic E-state index is 14.2. The molecule has 0 aromatic heterocycles. The van der Waals surface area contributed by atoms with Crippen LogP contribution in [-0.4, -0.2) is 6.54 Å². The fraction of sp³-hybridized carbons (Fsp3) is 0.294. The summed E-state index contributed by atoms with van der Waals surface area (Å²) in [5.41, 5.74) is 0.667. The third-order valence-electron chi connectivity index (χ3n) is 3.19. The van der Waals surface area contributed by atoms with Crippen molar-refractivity contribution in [2.24, 2.45) is 0 Å². The van der Waals surface area contributed by atoms with Crippen LogP contribution >= 0.6 is 11.8 Å². The van der Waals surface area contributed by atoms with Crippen molar-refractivity contribution in [1.29, 1.82) is 0 Å². The van der Waals surface area contributed by atoms with Crippen molar-refractivity contribution in [3.8, 4) is 0 Å². The van der Waals surface area contributed by atoms with Crippen molar-refractivity contribution >= 4 is 11.8 Å². The Kier molecular flexibility index (Phi) is 5.76. The molecule has 0 saturated heterocycles. The van der Waals surface area contributed by atoms with Crippen LogP contribution in [0.1, 0.15) is 31.9 Å². The summed E-state index contributed by atoms with van der Waals surface area (Å²) in [7, 11) is 0. The molecule has 0 bridgehead atoms.